The molecule has 0 N–H and O–H groups in total. The lowest BCUT2D eigenvalue weighted by molar-refractivity contribution is 0.122. The molecule has 6 rings (SSSR count). The van der Waals surface area contributed by atoms with Gasteiger partial charge in [0.2, 0.25) is 10.0 Å². The zero-order chi connectivity index (χ0) is 29.6. The van der Waals surface area contributed by atoms with E-state index in [2.05, 4.69) is 10.1 Å². The highest BCUT2D eigenvalue weighted by Crippen LogP contribution is 2.39. The highest BCUT2D eigenvalue weighted by molar-refractivity contribution is 7.88. The van der Waals surface area contributed by atoms with Gasteiger partial charge in [-0.25, -0.2) is 32.2 Å². The van der Waals surface area contributed by atoms with Gasteiger partial charge in [0, 0.05) is 50.0 Å². The Morgan fingerprint density at radius 2 is 1.71 bits per heavy atom. The SMILES string of the molecule is COc1cc(OC)c(F)c(-c2cc3cnc(C4C=NN(C5CCN(S(C)(=O)=O)C5)C4)nc3c(N3CCOCC3)n2)c1F. The molecule has 0 saturated carbocycles. The van der Waals surface area contributed by atoms with Gasteiger partial charge in [-0.3, -0.25) is 5.01 Å². The van der Waals surface area contributed by atoms with Crippen LogP contribution in [-0.2, 0) is 14.8 Å². The van der Waals surface area contributed by atoms with E-state index >= 15 is 8.78 Å². The molecule has 0 radical (unpaired) electrons. The second-order valence-corrected chi connectivity index (χ2v) is 12.4. The Hall–Kier alpha value is -3.69. The van der Waals surface area contributed by atoms with E-state index in [1.165, 1.54) is 24.8 Å². The molecule has 2 aromatic heterocycles. The predicted molar refractivity (Wildman–Crippen MR) is 152 cm³/mol. The van der Waals surface area contributed by atoms with Crippen molar-refractivity contribution in [2.75, 3.05) is 71.3 Å². The monoisotopic (exact) mass is 603 g/mol. The third-order valence-corrected chi connectivity index (χ3v) is 9.10. The highest BCUT2D eigenvalue weighted by atomic mass is 32.2. The van der Waals surface area contributed by atoms with Gasteiger partial charge >= 0.3 is 0 Å². The summed E-state index contributed by atoms with van der Waals surface area (Å²) in [4.78, 5) is 16.2. The van der Waals surface area contributed by atoms with E-state index < -0.39 is 21.7 Å². The Balaban J connectivity index is 1.37. The number of pyridine rings is 1. The van der Waals surface area contributed by atoms with Gasteiger partial charge in [-0.1, -0.05) is 0 Å². The summed E-state index contributed by atoms with van der Waals surface area (Å²) in [6, 6.07) is 2.68. The topological polar surface area (TPSA) is 123 Å². The fourth-order valence-corrected chi connectivity index (χ4v) is 6.44. The highest BCUT2D eigenvalue weighted by Gasteiger charge is 2.35. The van der Waals surface area contributed by atoms with Crippen LogP contribution in [0.25, 0.3) is 22.2 Å². The van der Waals surface area contributed by atoms with E-state index in [0.29, 0.717) is 74.9 Å². The second kappa shape index (κ2) is 11.2. The maximum atomic E-state index is 15.5. The predicted octanol–water partition coefficient (Wildman–Crippen LogP) is 2.24. The van der Waals surface area contributed by atoms with Crippen LogP contribution in [0.15, 0.2) is 23.4 Å². The van der Waals surface area contributed by atoms with Crippen molar-refractivity contribution in [3.05, 3.63) is 35.8 Å². The fraction of sp³-hybridized carbons (Fsp3) is 0.481. The first-order valence-electron chi connectivity index (χ1n) is 13.5. The summed E-state index contributed by atoms with van der Waals surface area (Å²) in [6.45, 7) is 3.34. The third-order valence-electron chi connectivity index (χ3n) is 7.83. The largest absolute Gasteiger partial charge is 0.494 e. The molecule has 0 amide bonds. The van der Waals surface area contributed by atoms with Gasteiger partial charge in [0.1, 0.15) is 11.3 Å². The lowest BCUT2D eigenvalue weighted by Gasteiger charge is -2.29. The van der Waals surface area contributed by atoms with E-state index in [-0.39, 0.29) is 34.7 Å². The quantitative estimate of drug-likeness (QED) is 0.397. The summed E-state index contributed by atoms with van der Waals surface area (Å²) in [7, 11) is -0.668. The minimum atomic E-state index is -3.26. The van der Waals surface area contributed by atoms with E-state index in [1.807, 2.05) is 9.91 Å². The summed E-state index contributed by atoms with van der Waals surface area (Å²) in [5, 5.41) is 7.00. The second-order valence-electron chi connectivity index (χ2n) is 10.4. The Labute approximate surface area is 241 Å². The van der Waals surface area contributed by atoms with Crippen LogP contribution in [0.1, 0.15) is 18.2 Å². The summed E-state index contributed by atoms with van der Waals surface area (Å²) >= 11 is 0. The van der Waals surface area contributed by atoms with Crippen molar-refractivity contribution in [1.29, 1.82) is 0 Å². The van der Waals surface area contributed by atoms with Crippen LogP contribution >= 0.6 is 0 Å². The zero-order valence-corrected chi connectivity index (χ0v) is 24.3. The Kier molecular flexibility index (Phi) is 7.57. The number of benzene rings is 1. The van der Waals surface area contributed by atoms with Gasteiger partial charge < -0.3 is 19.1 Å². The molecule has 42 heavy (non-hydrogen) atoms. The molecular weight excluding hydrogens is 572 g/mol. The number of morpholine rings is 1. The van der Waals surface area contributed by atoms with Crippen LogP contribution in [-0.4, -0.2) is 111 Å². The molecule has 3 aromatic rings. The Morgan fingerprint density at radius 3 is 2.36 bits per heavy atom. The number of nitrogens with zero attached hydrogens (tertiary/aromatic N) is 7. The van der Waals surface area contributed by atoms with Crippen molar-refractivity contribution in [1.82, 2.24) is 24.3 Å². The van der Waals surface area contributed by atoms with Crippen molar-refractivity contribution in [2.24, 2.45) is 5.10 Å². The van der Waals surface area contributed by atoms with Gasteiger partial charge in [0.05, 0.1) is 63.5 Å². The van der Waals surface area contributed by atoms with Crippen molar-refractivity contribution in [3.8, 4) is 22.8 Å². The van der Waals surface area contributed by atoms with Crippen LogP contribution < -0.4 is 14.4 Å². The number of aromatic nitrogens is 3. The van der Waals surface area contributed by atoms with Gasteiger partial charge in [-0.15, -0.1) is 0 Å². The van der Waals surface area contributed by atoms with Gasteiger partial charge in [0.15, 0.2) is 29.0 Å². The van der Waals surface area contributed by atoms with E-state index in [4.69, 9.17) is 24.2 Å². The van der Waals surface area contributed by atoms with Crippen LogP contribution in [0, 0.1) is 11.6 Å². The van der Waals surface area contributed by atoms with Crippen molar-refractivity contribution < 1.29 is 31.4 Å². The maximum absolute atomic E-state index is 15.5. The minimum Gasteiger partial charge on any atom is -0.494 e. The first kappa shape index (κ1) is 28.4. The summed E-state index contributed by atoms with van der Waals surface area (Å²) in [5.74, 6) is -1.36. The first-order chi connectivity index (χ1) is 20.2. The molecule has 2 unspecified atom stereocenters. The standard InChI is InChI=1S/C27H31F2N7O5S/c1-39-20-11-21(40-2)24(29)22(23(20)28)19-10-16-12-30-26(33-25(16)27(32-19)34-6-8-41-9-7-34)17-13-31-36(14-17)18-4-5-35(15-18)42(3,37)38/h10-13,17-18H,4-9,14-15H2,1-3H3. The number of fused-ring (bicyclic) bond motifs is 1. The third kappa shape index (κ3) is 5.20. The maximum Gasteiger partial charge on any atom is 0.211 e. The Bertz CT molecular complexity index is 1620. The number of sulfonamides is 1. The number of methoxy groups -OCH3 is 2. The number of hydrogen-bond acceptors (Lipinski definition) is 11. The Morgan fingerprint density at radius 1 is 1.00 bits per heavy atom. The first-order valence-corrected chi connectivity index (χ1v) is 15.4. The molecule has 1 aromatic carbocycles. The average molecular weight is 604 g/mol. The van der Waals surface area contributed by atoms with Gasteiger partial charge in [0.25, 0.3) is 0 Å². The molecule has 2 fully saturated rings. The van der Waals surface area contributed by atoms with Crippen molar-refractivity contribution in [3.63, 3.8) is 0 Å². The molecule has 12 nitrogen and oxygen atoms in total. The summed E-state index contributed by atoms with van der Waals surface area (Å²) in [5.41, 5.74) is 0.222. The molecule has 2 saturated heterocycles. The van der Waals surface area contributed by atoms with E-state index in [1.54, 1.807) is 18.5 Å². The number of hydrazone groups is 1. The molecule has 3 aliphatic rings. The molecule has 2 atom stereocenters. The normalized spacial score (nSPS) is 21.5. The van der Waals surface area contributed by atoms with E-state index in [9.17, 15) is 8.42 Å². The van der Waals surface area contributed by atoms with Crippen LogP contribution in [0.3, 0.4) is 0 Å². The number of anilines is 1. The lowest BCUT2D eigenvalue weighted by atomic mass is 10.1. The van der Waals surface area contributed by atoms with Crippen molar-refractivity contribution >= 4 is 33.0 Å². The molecule has 5 heterocycles. The number of ether oxygens (including phenoxy) is 3. The minimum absolute atomic E-state index is 0.0285. The lowest BCUT2D eigenvalue weighted by Crippen LogP contribution is -2.37. The molecule has 3 aliphatic heterocycles. The molecule has 0 bridgehead atoms. The molecule has 0 aliphatic carbocycles. The van der Waals surface area contributed by atoms with Crippen LogP contribution in [0.4, 0.5) is 14.6 Å². The van der Waals surface area contributed by atoms with Gasteiger partial charge in [-0.2, -0.15) is 9.41 Å². The van der Waals surface area contributed by atoms with Gasteiger partial charge in [-0.05, 0) is 12.5 Å². The van der Waals surface area contributed by atoms with E-state index in [0.717, 1.165) is 6.07 Å². The number of hydrogen-bond donors (Lipinski definition) is 0. The van der Waals surface area contributed by atoms with Crippen LogP contribution in [0.5, 0.6) is 11.5 Å². The average Bonchev–Trinajstić information content (AvgIpc) is 3.68. The molecular formula is C27H31F2N7O5S. The smallest absolute Gasteiger partial charge is 0.211 e. The van der Waals surface area contributed by atoms with Crippen molar-refractivity contribution in [2.45, 2.75) is 18.4 Å². The number of halogens is 2. The molecule has 224 valence electrons. The molecule has 0 spiro atoms. The summed E-state index contributed by atoms with van der Waals surface area (Å²) in [6.07, 6.45) is 5.30. The van der Waals surface area contributed by atoms with Crippen LogP contribution in [0.2, 0.25) is 0 Å². The fourth-order valence-electron chi connectivity index (χ4n) is 5.56. The zero-order valence-electron chi connectivity index (χ0n) is 23.5. The summed E-state index contributed by atoms with van der Waals surface area (Å²) < 4.78 is 72.1. The number of rotatable bonds is 7. The molecule has 15 heteroatoms.